The molecule has 0 amide bonds. The summed E-state index contributed by atoms with van der Waals surface area (Å²) in [6.07, 6.45) is 2.42. The summed E-state index contributed by atoms with van der Waals surface area (Å²) < 4.78 is 0. The molecule has 0 bridgehead atoms. The molecule has 1 atom stereocenters. The molecule has 2 N–H and O–H groups in total. The Morgan fingerprint density at radius 3 is 2.25 bits per heavy atom. The molecule has 0 spiro atoms. The molecule has 0 saturated heterocycles. The minimum absolute atomic E-state index is 0.658. The van der Waals surface area contributed by atoms with Crippen molar-refractivity contribution in [3.63, 3.8) is 0 Å². The van der Waals surface area contributed by atoms with Crippen LogP contribution in [-0.2, 0) is 0 Å². The summed E-state index contributed by atoms with van der Waals surface area (Å²) >= 11 is 0. The molecule has 0 heterocycles. The third kappa shape index (κ3) is 5.56. The van der Waals surface area contributed by atoms with Gasteiger partial charge in [0.15, 0.2) is 0 Å². The van der Waals surface area contributed by atoms with E-state index < -0.39 is 0 Å². The molecule has 0 aromatic heterocycles. The van der Waals surface area contributed by atoms with E-state index in [2.05, 4.69) is 32.7 Å². The molecular weight excluding hydrogens is 148 g/mol. The lowest BCUT2D eigenvalue weighted by Gasteiger charge is -2.24. The molecule has 74 valence electrons. The SMILES string of the molecule is CC(CCCN)CN(C)C(C)C. The van der Waals surface area contributed by atoms with Gasteiger partial charge in [0, 0.05) is 12.6 Å². The predicted octanol–water partition coefficient (Wildman–Crippen LogP) is 1.70. The molecule has 0 aromatic carbocycles. The topological polar surface area (TPSA) is 29.3 Å². The van der Waals surface area contributed by atoms with E-state index in [-0.39, 0.29) is 0 Å². The third-order valence-corrected chi connectivity index (χ3v) is 2.38. The van der Waals surface area contributed by atoms with Gasteiger partial charge in [-0.2, -0.15) is 0 Å². The molecule has 0 saturated carbocycles. The van der Waals surface area contributed by atoms with Gasteiger partial charge in [0.2, 0.25) is 0 Å². The highest BCUT2D eigenvalue weighted by atomic mass is 15.1. The Balaban J connectivity index is 3.47. The average Bonchev–Trinajstić information content (AvgIpc) is 2.00. The number of rotatable bonds is 6. The van der Waals surface area contributed by atoms with Gasteiger partial charge in [-0.15, -0.1) is 0 Å². The Hall–Kier alpha value is -0.0800. The quantitative estimate of drug-likeness (QED) is 0.661. The summed E-state index contributed by atoms with van der Waals surface area (Å²) in [6, 6.07) is 0.658. The molecule has 0 radical (unpaired) electrons. The van der Waals surface area contributed by atoms with Crippen molar-refractivity contribution < 1.29 is 0 Å². The lowest BCUT2D eigenvalue weighted by atomic mass is 10.0. The normalized spacial score (nSPS) is 14.2. The van der Waals surface area contributed by atoms with E-state index in [0.29, 0.717) is 6.04 Å². The molecule has 0 aliphatic carbocycles. The second-order valence-corrected chi connectivity index (χ2v) is 4.07. The molecule has 2 heteroatoms. The second kappa shape index (κ2) is 6.44. The molecule has 0 aliphatic rings. The van der Waals surface area contributed by atoms with Gasteiger partial charge in [-0.05, 0) is 46.2 Å². The highest BCUT2D eigenvalue weighted by molar-refractivity contribution is 4.62. The van der Waals surface area contributed by atoms with Crippen LogP contribution in [0.4, 0.5) is 0 Å². The van der Waals surface area contributed by atoms with Crippen LogP contribution in [-0.4, -0.2) is 31.1 Å². The van der Waals surface area contributed by atoms with Gasteiger partial charge < -0.3 is 10.6 Å². The van der Waals surface area contributed by atoms with E-state index in [9.17, 15) is 0 Å². The Morgan fingerprint density at radius 1 is 1.25 bits per heavy atom. The first-order valence-electron chi connectivity index (χ1n) is 4.98. The van der Waals surface area contributed by atoms with Crippen molar-refractivity contribution in [2.24, 2.45) is 11.7 Å². The van der Waals surface area contributed by atoms with Crippen LogP contribution in [0.5, 0.6) is 0 Å². The van der Waals surface area contributed by atoms with Crippen molar-refractivity contribution in [2.45, 2.75) is 39.7 Å². The maximum atomic E-state index is 5.45. The minimum Gasteiger partial charge on any atom is -0.330 e. The van der Waals surface area contributed by atoms with Crippen LogP contribution in [0.3, 0.4) is 0 Å². The van der Waals surface area contributed by atoms with Gasteiger partial charge in [-0.1, -0.05) is 6.92 Å². The Bertz CT molecular complexity index is 102. The first kappa shape index (κ1) is 11.9. The highest BCUT2D eigenvalue weighted by Gasteiger charge is 2.07. The fraction of sp³-hybridized carbons (Fsp3) is 1.00. The van der Waals surface area contributed by atoms with Crippen LogP contribution in [0.2, 0.25) is 0 Å². The summed E-state index contributed by atoms with van der Waals surface area (Å²) in [7, 11) is 2.18. The van der Waals surface area contributed by atoms with E-state index >= 15 is 0 Å². The Labute approximate surface area is 77.1 Å². The smallest absolute Gasteiger partial charge is 0.00356 e. The fourth-order valence-electron chi connectivity index (χ4n) is 1.26. The van der Waals surface area contributed by atoms with E-state index in [1.807, 2.05) is 0 Å². The molecule has 0 aliphatic heterocycles. The summed E-state index contributed by atoms with van der Waals surface area (Å²) in [5.41, 5.74) is 5.45. The van der Waals surface area contributed by atoms with E-state index in [0.717, 1.165) is 18.9 Å². The highest BCUT2D eigenvalue weighted by Crippen LogP contribution is 2.07. The van der Waals surface area contributed by atoms with Gasteiger partial charge in [0.25, 0.3) is 0 Å². The first-order valence-corrected chi connectivity index (χ1v) is 4.98. The molecule has 0 aromatic rings. The van der Waals surface area contributed by atoms with Crippen molar-refractivity contribution >= 4 is 0 Å². The third-order valence-electron chi connectivity index (χ3n) is 2.38. The molecule has 12 heavy (non-hydrogen) atoms. The zero-order valence-corrected chi connectivity index (χ0v) is 9.01. The lowest BCUT2D eigenvalue weighted by Crippen LogP contribution is -2.30. The van der Waals surface area contributed by atoms with Crippen molar-refractivity contribution in [3.8, 4) is 0 Å². The van der Waals surface area contributed by atoms with Gasteiger partial charge in [0.05, 0.1) is 0 Å². The zero-order chi connectivity index (χ0) is 9.56. The van der Waals surface area contributed by atoms with Crippen LogP contribution in [0.1, 0.15) is 33.6 Å². The van der Waals surface area contributed by atoms with Crippen LogP contribution in [0.25, 0.3) is 0 Å². The summed E-state index contributed by atoms with van der Waals surface area (Å²) in [6.45, 7) is 8.78. The maximum absolute atomic E-state index is 5.45. The molecule has 2 nitrogen and oxygen atoms in total. The van der Waals surface area contributed by atoms with E-state index in [1.165, 1.54) is 13.0 Å². The van der Waals surface area contributed by atoms with Crippen molar-refractivity contribution in [1.82, 2.24) is 4.90 Å². The van der Waals surface area contributed by atoms with Crippen LogP contribution in [0, 0.1) is 5.92 Å². The molecular formula is C10H24N2. The predicted molar refractivity (Wildman–Crippen MR) is 55.2 cm³/mol. The number of nitrogens with two attached hydrogens (primary N) is 1. The Kier molecular flexibility index (Phi) is 6.39. The standard InChI is InChI=1S/C10H24N2/c1-9(2)12(4)8-10(3)6-5-7-11/h9-10H,5-8,11H2,1-4H3. The monoisotopic (exact) mass is 172 g/mol. The van der Waals surface area contributed by atoms with E-state index in [4.69, 9.17) is 5.73 Å². The van der Waals surface area contributed by atoms with Crippen molar-refractivity contribution in [3.05, 3.63) is 0 Å². The van der Waals surface area contributed by atoms with Crippen molar-refractivity contribution in [2.75, 3.05) is 20.1 Å². The minimum atomic E-state index is 0.658. The summed E-state index contributed by atoms with van der Waals surface area (Å²) in [4.78, 5) is 2.39. The molecule has 1 unspecified atom stereocenters. The average molecular weight is 172 g/mol. The first-order chi connectivity index (χ1) is 5.57. The van der Waals surface area contributed by atoms with Gasteiger partial charge >= 0.3 is 0 Å². The summed E-state index contributed by atoms with van der Waals surface area (Å²) in [5, 5.41) is 0. The largest absolute Gasteiger partial charge is 0.330 e. The van der Waals surface area contributed by atoms with Crippen LogP contribution in [0.15, 0.2) is 0 Å². The maximum Gasteiger partial charge on any atom is 0.00356 e. The lowest BCUT2D eigenvalue weighted by molar-refractivity contribution is 0.231. The van der Waals surface area contributed by atoms with Crippen LogP contribution >= 0.6 is 0 Å². The van der Waals surface area contributed by atoms with Gasteiger partial charge in [-0.3, -0.25) is 0 Å². The zero-order valence-electron chi connectivity index (χ0n) is 9.01. The van der Waals surface area contributed by atoms with Gasteiger partial charge in [-0.25, -0.2) is 0 Å². The number of nitrogens with zero attached hydrogens (tertiary/aromatic N) is 1. The Morgan fingerprint density at radius 2 is 1.83 bits per heavy atom. The summed E-state index contributed by atoms with van der Waals surface area (Å²) in [5.74, 6) is 0.779. The van der Waals surface area contributed by atoms with Crippen molar-refractivity contribution in [1.29, 1.82) is 0 Å². The fourth-order valence-corrected chi connectivity index (χ4v) is 1.26. The number of hydrogen-bond acceptors (Lipinski definition) is 2. The molecule has 0 fully saturated rings. The second-order valence-electron chi connectivity index (χ2n) is 4.07. The van der Waals surface area contributed by atoms with Crippen LogP contribution < -0.4 is 5.73 Å². The van der Waals surface area contributed by atoms with E-state index in [1.54, 1.807) is 0 Å². The molecule has 0 rings (SSSR count). The van der Waals surface area contributed by atoms with Gasteiger partial charge in [0.1, 0.15) is 0 Å². The number of hydrogen-bond donors (Lipinski definition) is 1.